The fourth-order valence-corrected chi connectivity index (χ4v) is 2.59. The lowest BCUT2D eigenvalue weighted by atomic mass is 9.78. The van der Waals surface area contributed by atoms with Crippen LogP contribution in [0.25, 0.3) is 0 Å². The van der Waals surface area contributed by atoms with E-state index in [2.05, 4.69) is 26.0 Å². The van der Waals surface area contributed by atoms with E-state index in [1.807, 2.05) is 0 Å². The Balaban J connectivity index is 2.42. The van der Waals surface area contributed by atoms with E-state index in [1.165, 1.54) is 50.5 Å². The first kappa shape index (κ1) is 14.3. The molecule has 1 rings (SSSR count). The fraction of sp³-hybridized carbons (Fsp3) is 0.750. The van der Waals surface area contributed by atoms with Crippen molar-refractivity contribution in [3.63, 3.8) is 0 Å². The predicted molar refractivity (Wildman–Crippen MR) is 76.7 cm³/mol. The molecule has 0 aromatic heterocycles. The lowest BCUT2D eigenvalue weighted by molar-refractivity contribution is 0.262. The van der Waals surface area contributed by atoms with Crippen LogP contribution < -0.4 is 5.73 Å². The Kier molecular flexibility index (Phi) is 7.07. The van der Waals surface area contributed by atoms with Gasteiger partial charge in [0.05, 0.1) is 0 Å². The third-order valence-electron chi connectivity index (χ3n) is 3.86. The van der Waals surface area contributed by atoms with Crippen molar-refractivity contribution < 1.29 is 0 Å². The summed E-state index contributed by atoms with van der Waals surface area (Å²) in [5, 5.41) is 0. The molecular weight excluding hydrogens is 206 g/mol. The molecule has 0 spiro atoms. The lowest BCUT2D eigenvalue weighted by Crippen LogP contribution is -2.15. The average molecular weight is 235 g/mol. The summed E-state index contributed by atoms with van der Waals surface area (Å²) in [6.07, 6.45) is 17.1. The van der Waals surface area contributed by atoms with Crippen LogP contribution in [0.1, 0.15) is 65.2 Å². The molecule has 98 valence electrons. The van der Waals surface area contributed by atoms with E-state index < -0.39 is 0 Å². The zero-order chi connectivity index (χ0) is 12.5. The second kappa shape index (κ2) is 8.38. The van der Waals surface area contributed by atoms with E-state index in [1.54, 1.807) is 6.20 Å². The van der Waals surface area contributed by atoms with E-state index in [9.17, 15) is 0 Å². The van der Waals surface area contributed by atoms with Gasteiger partial charge in [-0.3, -0.25) is 0 Å². The van der Waals surface area contributed by atoms with Gasteiger partial charge in [-0.15, -0.1) is 0 Å². The van der Waals surface area contributed by atoms with E-state index in [-0.39, 0.29) is 0 Å². The largest absolute Gasteiger partial charge is 0.404 e. The molecule has 0 radical (unpaired) electrons. The van der Waals surface area contributed by atoms with E-state index in [4.69, 9.17) is 5.73 Å². The Bertz CT molecular complexity index is 248. The van der Waals surface area contributed by atoms with Gasteiger partial charge < -0.3 is 5.73 Å². The van der Waals surface area contributed by atoms with Crippen LogP contribution in [0.5, 0.6) is 0 Å². The molecule has 1 nitrogen and oxygen atoms in total. The fourth-order valence-electron chi connectivity index (χ4n) is 2.59. The molecule has 0 bridgehead atoms. The molecule has 2 N–H and O–H groups in total. The summed E-state index contributed by atoms with van der Waals surface area (Å²) in [4.78, 5) is 0. The first-order chi connectivity index (χ1) is 8.30. The average Bonchev–Trinajstić information content (AvgIpc) is 2.28. The summed E-state index contributed by atoms with van der Waals surface area (Å²) in [6, 6.07) is 0. The minimum Gasteiger partial charge on any atom is -0.404 e. The van der Waals surface area contributed by atoms with Crippen molar-refractivity contribution in [1.82, 2.24) is 0 Å². The van der Waals surface area contributed by atoms with Crippen LogP contribution in [0.15, 0.2) is 23.9 Å². The molecule has 1 saturated carbocycles. The van der Waals surface area contributed by atoms with Crippen molar-refractivity contribution in [3.05, 3.63) is 23.9 Å². The molecule has 1 heteroatoms. The Hall–Kier alpha value is -0.720. The highest BCUT2D eigenvalue weighted by atomic mass is 14.5. The molecule has 0 aromatic rings. The second-order valence-corrected chi connectivity index (χ2v) is 5.43. The monoisotopic (exact) mass is 235 g/mol. The molecule has 1 aliphatic rings. The van der Waals surface area contributed by atoms with Crippen LogP contribution in [-0.4, -0.2) is 0 Å². The third kappa shape index (κ3) is 5.43. The van der Waals surface area contributed by atoms with Gasteiger partial charge in [-0.1, -0.05) is 58.1 Å². The van der Waals surface area contributed by atoms with Gasteiger partial charge in [0, 0.05) is 0 Å². The maximum atomic E-state index is 5.64. The maximum Gasteiger partial charge on any atom is -0.00298 e. The molecule has 0 amide bonds. The highest BCUT2D eigenvalue weighted by Gasteiger charge is 2.20. The SMILES string of the molecule is CCCC(=C/N)/C=C/C(CCC)CC1CCC1. The van der Waals surface area contributed by atoms with Gasteiger partial charge in [-0.25, -0.2) is 0 Å². The highest BCUT2D eigenvalue weighted by molar-refractivity contribution is 5.18. The number of rotatable bonds is 8. The molecule has 0 saturated heterocycles. The van der Waals surface area contributed by atoms with Gasteiger partial charge in [-0.2, -0.15) is 0 Å². The zero-order valence-corrected chi connectivity index (χ0v) is 11.6. The molecule has 0 aromatic carbocycles. The van der Waals surface area contributed by atoms with Gasteiger partial charge >= 0.3 is 0 Å². The Morgan fingerprint density at radius 1 is 1.29 bits per heavy atom. The molecule has 1 fully saturated rings. The predicted octanol–water partition coefficient (Wildman–Crippen LogP) is 4.79. The summed E-state index contributed by atoms with van der Waals surface area (Å²) >= 11 is 0. The summed E-state index contributed by atoms with van der Waals surface area (Å²) in [5.74, 6) is 1.78. The minimum absolute atomic E-state index is 0.775. The van der Waals surface area contributed by atoms with Crippen molar-refractivity contribution >= 4 is 0 Å². The van der Waals surface area contributed by atoms with Crippen LogP contribution in [0.4, 0.5) is 0 Å². The van der Waals surface area contributed by atoms with Crippen LogP contribution in [0, 0.1) is 11.8 Å². The summed E-state index contributed by atoms with van der Waals surface area (Å²) in [7, 11) is 0. The summed E-state index contributed by atoms with van der Waals surface area (Å²) in [5.41, 5.74) is 6.94. The van der Waals surface area contributed by atoms with Crippen LogP contribution in [0.2, 0.25) is 0 Å². The summed E-state index contributed by atoms with van der Waals surface area (Å²) in [6.45, 7) is 4.49. The van der Waals surface area contributed by atoms with Gasteiger partial charge in [0.15, 0.2) is 0 Å². The molecule has 0 aliphatic heterocycles. The van der Waals surface area contributed by atoms with E-state index >= 15 is 0 Å². The van der Waals surface area contributed by atoms with Crippen molar-refractivity contribution in [2.45, 2.75) is 65.2 Å². The molecular formula is C16H29N. The Morgan fingerprint density at radius 2 is 2.06 bits per heavy atom. The topological polar surface area (TPSA) is 26.0 Å². The molecule has 0 heterocycles. The molecule has 17 heavy (non-hydrogen) atoms. The number of allylic oxidation sites excluding steroid dienone is 3. The first-order valence-electron chi connectivity index (χ1n) is 7.39. The Labute approximate surface area is 107 Å². The van der Waals surface area contributed by atoms with Crippen molar-refractivity contribution in [2.75, 3.05) is 0 Å². The van der Waals surface area contributed by atoms with Gasteiger partial charge in [0.2, 0.25) is 0 Å². The molecule has 1 unspecified atom stereocenters. The normalized spacial score (nSPS) is 19.5. The van der Waals surface area contributed by atoms with Gasteiger partial charge in [-0.05, 0) is 42.9 Å². The van der Waals surface area contributed by atoms with Crippen molar-refractivity contribution in [1.29, 1.82) is 0 Å². The number of nitrogens with two attached hydrogens (primary N) is 1. The summed E-state index contributed by atoms with van der Waals surface area (Å²) < 4.78 is 0. The second-order valence-electron chi connectivity index (χ2n) is 5.43. The maximum absolute atomic E-state index is 5.64. The molecule has 1 atom stereocenters. The van der Waals surface area contributed by atoms with Gasteiger partial charge in [0.1, 0.15) is 0 Å². The quantitative estimate of drug-likeness (QED) is 0.601. The number of hydrogen-bond donors (Lipinski definition) is 1. The first-order valence-corrected chi connectivity index (χ1v) is 7.39. The van der Waals surface area contributed by atoms with Crippen LogP contribution >= 0.6 is 0 Å². The number of hydrogen-bond acceptors (Lipinski definition) is 1. The standard InChI is InChI=1S/C16H29N/c1-3-6-14(12-15-8-5-9-15)10-11-16(13-17)7-4-2/h10-11,13-15H,3-9,12,17H2,1-2H3/b11-10+,16-13-. The smallest absolute Gasteiger partial charge is 0.00298 e. The van der Waals surface area contributed by atoms with Crippen molar-refractivity contribution in [3.8, 4) is 0 Å². The lowest BCUT2D eigenvalue weighted by Gasteiger charge is -2.28. The van der Waals surface area contributed by atoms with E-state index in [0.29, 0.717) is 0 Å². The van der Waals surface area contributed by atoms with Gasteiger partial charge in [0.25, 0.3) is 0 Å². The third-order valence-corrected chi connectivity index (χ3v) is 3.86. The molecule has 1 aliphatic carbocycles. The Morgan fingerprint density at radius 3 is 2.53 bits per heavy atom. The van der Waals surface area contributed by atoms with Crippen LogP contribution in [-0.2, 0) is 0 Å². The van der Waals surface area contributed by atoms with E-state index in [0.717, 1.165) is 18.3 Å². The highest BCUT2D eigenvalue weighted by Crippen LogP contribution is 2.34. The minimum atomic E-state index is 0.775. The van der Waals surface area contributed by atoms with Crippen molar-refractivity contribution in [2.24, 2.45) is 17.6 Å². The van der Waals surface area contributed by atoms with Crippen LogP contribution in [0.3, 0.4) is 0 Å². The zero-order valence-electron chi connectivity index (χ0n) is 11.6.